The molecule has 2 heterocycles. The van der Waals surface area contributed by atoms with Crippen LogP contribution in [-0.2, 0) is 0 Å². The van der Waals surface area contributed by atoms with Crippen LogP contribution in [0.25, 0.3) is 0 Å². The van der Waals surface area contributed by atoms with E-state index in [0.29, 0.717) is 12.1 Å². The lowest BCUT2D eigenvalue weighted by Gasteiger charge is -2.36. The first kappa shape index (κ1) is 12.8. The summed E-state index contributed by atoms with van der Waals surface area (Å²) in [6, 6.07) is 1.19. The van der Waals surface area contributed by atoms with Crippen molar-refractivity contribution in [1.82, 2.24) is 10.3 Å². The monoisotopic (exact) mass is 253 g/mol. The first-order valence-corrected chi connectivity index (χ1v) is 7.47. The van der Waals surface area contributed by atoms with Gasteiger partial charge >= 0.3 is 0 Å². The van der Waals surface area contributed by atoms with E-state index >= 15 is 0 Å². The summed E-state index contributed by atoms with van der Waals surface area (Å²) in [7, 11) is 0. The van der Waals surface area contributed by atoms with Crippen molar-refractivity contribution in [2.24, 2.45) is 0 Å². The lowest BCUT2D eigenvalue weighted by molar-refractivity contribution is 0.421. The average Bonchev–Trinajstić information content (AvgIpc) is 2.73. The Labute approximate surface area is 108 Å². The van der Waals surface area contributed by atoms with Crippen LogP contribution in [-0.4, -0.2) is 30.2 Å². The smallest absolute Gasteiger partial charge is 0.185 e. The number of nitrogens with one attached hydrogen (secondary N) is 1. The Balaban J connectivity index is 2.01. The Bertz CT molecular complexity index is 348. The molecule has 0 radical (unpaired) electrons. The number of anilines is 1. The SMILES string of the molecule is Cc1csc(N2CCCCC2CNC(C)C)n1. The molecular formula is C13H23N3S. The van der Waals surface area contributed by atoms with E-state index in [1.807, 2.05) is 0 Å². The summed E-state index contributed by atoms with van der Waals surface area (Å²) in [5.74, 6) is 0. The minimum Gasteiger partial charge on any atom is -0.344 e. The van der Waals surface area contributed by atoms with Crippen LogP contribution in [0.4, 0.5) is 5.13 Å². The van der Waals surface area contributed by atoms with Gasteiger partial charge in [0.05, 0.1) is 5.69 Å². The molecule has 1 aromatic rings. The van der Waals surface area contributed by atoms with Crippen LogP contribution in [0.1, 0.15) is 38.8 Å². The molecule has 1 aliphatic rings. The minimum atomic E-state index is 0.566. The van der Waals surface area contributed by atoms with E-state index in [-0.39, 0.29) is 0 Å². The molecule has 0 amide bonds. The Morgan fingerprint density at radius 1 is 1.53 bits per heavy atom. The van der Waals surface area contributed by atoms with E-state index in [0.717, 1.165) is 18.8 Å². The van der Waals surface area contributed by atoms with Gasteiger partial charge in [0.25, 0.3) is 0 Å². The zero-order valence-electron chi connectivity index (χ0n) is 11.1. The van der Waals surface area contributed by atoms with Crippen molar-refractivity contribution >= 4 is 16.5 Å². The van der Waals surface area contributed by atoms with E-state index in [1.165, 1.54) is 24.4 Å². The molecule has 3 nitrogen and oxygen atoms in total. The number of rotatable bonds is 4. The van der Waals surface area contributed by atoms with Gasteiger partial charge in [-0.05, 0) is 26.2 Å². The molecule has 2 rings (SSSR count). The molecule has 0 bridgehead atoms. The molecule has 0 aromatic carbocycles. The Kier molecular flexibility index (Phi) is 4.40. The van der Waals surface area contributed by atoms with E-state index < -0.39 is 0 Å². The third kappa shape index (κ3) is 3.42. The lowest BCUT2D eigenvalue weighted by Crippen LogP contribution is -2.46. The molecule has 1 aliphatic heterocycles. The van der Waals surface area contributed by atoms with E-state index in [9.17, 15) is 0 Å². The molecule has 0 aliphatic carbocycles. The highest BCUT2D eigenvalue weighted by atomic mass is 32.1. The van der Waals surface area contributed by atoms with Crippen LogP contribution in [0.2, 0.25) is 0 Å². The highest BCUT2D eigenvalue weighted by Crippen LogP contribution is 2.27. The Hall–Kier alpha value is -0.610. The zero-order valence-corrected chi connectivity index (χ0v) is 11.9. The highest BCUT2D eigenvalue weighted by molar-refractivity contribution is 7.13. The molecule has 1 aromatic heterocycles. The van der Waals surface area contributed by atoms with Crippen molar-refractivity contribution in [1.29, 1.82) is 0 Å². The molecule has 4 heteroatoms. The standard InChI is InChI=1S/C13H23N3S/c1-10(2)14-8-12-6-4-5-7-16(12)13-15-11(3)9-17-13/h9-10,12,14H,4-8H2,1-3H3. The van der Waals surface area contributed by atoms with Gasteiger partial charge in [-0.3, -0.25) is 0 Å². The molecule has 1 fully saturated rings. The fraction of sp³-hybridized carbons (Fsp3) is 0.769. The molecule has 0 spiro atoms. The molecule has 1 unspecified atom stereocenters. The maximum atomic E-state index is 4.63. The second-order valence-electron chi connectivity index (χ2n) is 5.18. The minimum absolute atomic E-state index is 0.566. The molecule has 96 valence electrons. The van der Waals surface area contributed by atoms with Crippen LogP contribution in [0, 0.1) is 6.92 Å². The second kappa shape index (κ2) is 5.83. The predicted molar refractivity (Wildman–Crippen MR) is 75.0 cm³/mol. The summed E-state index contributed by atoms with van der Waals surface area (Å²) in [4.78, 5) is 7.12. The normalized spacial score (nSPS) is 21.2. The number of aromatic nitrogens is 1. The number of hydrogen-bond acceptors (Lipinski definition) is 4. The van der Waals surface area contributed by atoms with Gasteiger partial charge in [-0.15, -0.1) is 11.3 Å². The van der Waals surface area contributed by atoms with Gasteiger partial charge in [-0.25, -0.2) is 4.98 Å². The molecule has 1 N–H and O–H groups in total. The first-order valence-electron chi connectivity index (χ1n) is 6.59. The molecule has 0 saturated carbocycles. The molecular weight excluding hydrogens is 230 g/mol. The fourth-order valence-electron chi connectivity index (χ4n) is 2.31. The van der Waals surface area contributed by atoms with Crippen molar-refractivity contribution in [3.05, 3.63) is 11.1 Å². The van der Waals surface area contributed by atoms with Crippen LogP contribution in [0.15, 0.2) is 5.38 Å². The van der Waals surface area contributed by atoms with E-state index in [1.54, 1.807) is 11.3 Å². The maximum absolute atomic E-state index is 4.63. The second-order valence-corrected chi connectivity index (χ2v) is 6.01. The maximum Gasteiger partial charge on any atom is 0.185 e. The van der Waals surface area contributed by atoms with Crippen LogP contribution in [0.5, 0.6) is 0 Å². The van der Waals surface area contributed by atoms with Gasteiger partial charge in [0.15, 0.2) is 5.13 Å². The summed E-state index contributed by atoms with van der Waals surface area (Å²) in [6.07, 6.45) is 3.94. The molecule has 1 atom stereocenters. The average molecular weight is 253 g/mol. The fourth-order valence-corrected chi connectivity index (χ4v) is 3.21. The number of thiazole rings is 1. The summed E-state index contributed by atoms with van der Waals surface area (Å²) in [5.41, 5.74) is 1.14. The van der Waals surface area contributed by atoms with Crippen molar-refractivity contribution in [2.75, 3.05) is 18.0 Å². The van der Waals surface area contributed by atoms with Gasteiger partial charge in [0, 0.05) is 30.6 Å². The van der Waals surface area contributed by atoms with E-state index in [4.69, 9.17) is 0 Å². The lowest BCUT2D eigenvalue weighted by atomic mass is 10.0. The van der Waals surface area contributed by atoms with Crippen molar-refractivity contribution in [2.45, 2.75) is 52.1 Å². The first-order chi connectivity index (χ1) is 8.16. The summed E-state index contributed by atoms with van der Waals surface area (Å²) in [6.45, 7) is 8.74. The Morgan fingerprint density at radius 2 is 2.35 bits per heavy atom. The van der Waals surface area contributed by atoms with Crippen LogP contribution < -0.4 is 10.2 Å². The molecule has 1 saturated heterocycles. The number of piperidine rings is 1. The highest BCUT2D eigenvalue weighted by Gasteiger charge is 2.24. The van der Waals surface area contributed by atoms with Gasteiger partial charge in [0.1, 0.15) is 0 Å². The van der Waals surface area contributed by atoms with Crippen molar-refractivity contribution in [3.8, 4) is 0 Å². The third-order valence-corrected chi connectivity index (χ3v) is 4.24. The zero-order chi connectivity index (χ0) is 12.3. The number of hydrogen-bond donors (Lipinski definition) is 1. The third-order valence-electron chi connectivity index (χ3n) is 3.24. The number of aryl methyl sites for hydroxylation is 1. The summed E-state index contributed by atoms with van der Waals surface area (Å²) >= 11 is 1.78. The largest absolute Gasteiger partial charge is 0.344 e. The number of nitrogens with zero attached hydrogens (tertiary/aromatic N) is 2. The van der Waals surface area contributed by atoms with Crippen molar-refractivity contribution < 1.29 is 0 Å². The van der Waals surface area contributed by atoms with Gasteiger partial charge in [0.2, 0.25) is 0 Å². The van der Waals surface area contributed by atoms with E-state index in [2.05, 4.69) is 41.4 Å². The predicted octanol–water partition coefficient (Wildman–Crippen LogP) is 2.81. The summed E-state index contributed by atoms with van der Waals surface area (Å²) in [5, 5.41) is 6.91. The van der Waals surface area contributed by atoms with Crippen molar-refractivity contribution in [3.63, 3.8) is 0 Å². The topological polar surface area (TPSA) is 28.2 Å². The summed E-state index contributed by atoms with van der Waals surface area (Å²) < 4.78 is 0. The molecule has 17 heavy (non-hydrogen) atoms. The van der Waals surface area contributed by atoms with Gasteiger partial charge in [-0.2, -0.15) is 0 Å². The van der Waals surface area contributed by atoms with Gasteiger partial charge < -0.3 is 10.2 Å². The van der Waals surface area contributed by atoms with Crippen LogP contribution in [0.3, 0.4) is 0 Å². The van der Waals surface area contributed by atoms with Gasteiger partial charge in [-0.1, -0.05) is 13.8 Å². The quantitative estimate of drug-likeness (QED) is 0.894. The Morgan fingerprint density at radius 3 is 3.00 bits per heavy atom. The van der Waals surface area contributed by atoms with Crippen LogP contribution >= 0.6 is 11.3 Å².